The van der Waals surface area contributed by atoms with Gasteiger partial charge in [0.15, 0.2) is 0 Å². The van der Waals surface area contributed by atoms with Gasteiger partial charge in [-0.15, -0.1) is 0 Å². The zero-order valence-electron chi connectivity index (χ0n) is 15.7. The Bertz CT molecular complexity index is 609. The van der Waals surface area contributed by atoms with Crippen molar-refractivity contribution in [3.63, 3.8) is 0 Å². The van der Waals surface area contributed by atoms with Gasteiger partial charge in [0.05, 0.1) is 0 Å². The molecule has 1 spiro atoms. The number of nitrogens with one attached hydrogen (secondary N) is 1. The van der Waals surface area contributed by atoms with E-state index in [4.69, 9.17) is 4.74 Å². The van der Waals surface area contributed by atoms with Gasteiger partial charge in [-0.25, -0.2) is 0 Å². The second-order valence-electron chi connectivity index (χ2n) is 7.67. The number of nitrogens with zero attached hydrogens (tertiary/aromatic N) is 1. The largest absolute Gasteiger partial charge is 0.375 e. The van der Waals surface area contributed by atoms with E-state index < -0.39 is 0 Å². The van der Waals surface area contributed by atoms with Crippen LogP contribution in [0.2, 0.25) is 0 Å². The molecular formula is C21H30N2O3. The van der Waals surface area contributed by atoms with E-state index in [0.717, 1.165) is 51.6 Å². The monoisotopic (exact) mass is 358 g/mol. The van der Waals surface area contributed by atoms with Crippen molar-refractivity contribution >= 4 is 11.8 Å². The molecule has 1 aromatic rings. The molecule has 1 heterocycles. The molecule has 2 amide bonds. The molecule has 2 aliphatic rings. The fraction of sp³-hybridized carbons (Fsp3) is 0.619. The van der Waals surface area contributed by atoms with E-state index in [0.29, 0.717) is 6.42 Å². The van der Waals surface area contributed by atoms with Gasteiger partial charge in [0.25, 0.3) is 0 Å². The molecule has 1 unspecified atom stereocenters. The van der Waals surface area contributed by atoms with Crippen molar-refractivity contribution < 1.29 is 14.3 Å². The molecule has 1 aliphatic heterocycles. The first-order chi connectivity index (χ1) is 12.6. The number of amides is 2. The van der Waals surface area contributed by atoms with Crippen molar-refractivity contribution in [1.82, 2.24) is 10.2 Å². The van der Waals surface area contributed by atoms with Crippen molar-refractivity contribution in [3.05, 3.63) is 35.9 Å². The molecule has 1 saturated carbocycles. The highest BCUT2D eigenvalue weighted by Gasteiger charge is 2.49. The Kier molecular flexibility index (Phi) is 6.30. The van der Waals surface area contributed by atoms with Crippen LogP contribution in [0.25, 0.3) is 0 Å². The Morgan fingerprint density at radius 1 is 1.19 bits per heavy atom. The maximum Gasteiger partial charge on any atom is 0.246 e. The van der Waals surface area contributed by atoms with E-state index in [1.165, 1.54) is 12.7 Å². The van der Waals surface area contributed by atoms with Crippen molar-refractivity contribution in [3.8, 4) is 0 Å². The highest BCUT2D eigenvalue weighted by Crippen LogP contribution is 2.49. The summed E-state index contributed by atoms with van der Waals surface area (Å²) in [6, 6.07) is 10.6. The van der Waals surface area contributed by atoms with Crippen molar-refractivity contribution in [2.75, 3.05) is 26.8 Å². The Balaban J connectivity index is 1.40. The quantitative estimate of drug-likeness (QED) is 0.815. The predicted octanol–water partition coefficient (Wildman–Crippen LogP) is 2.54. The first kappa shape index (κ1) is 18.9. The number of ether oxygens (including phenoxy) is 1. The maximum absolute atomic E-state index is 12.5. The topological polar surface area (TPSA) is 58.6 Å². The summed E-state index contributed by atoms with van der Waals surface area (Å²) in [4.78, 5) is 26.3. The van der Waals surface area contributed by atoms with Gasteiger partial charge >= 0.3 is 0 Å². The summed E-state index contributed by atoms with van der Waals surface area (Å²) >= 11 is 0. The maximum atomic E-state index is 12.5. The number of hydrogen-bond donors (Lipinski definition) is 1. The van der Waals surface area contributed by atoms with Crippen LogP contribution in [0, 0.1) is 5.41 Å². The van der Waals surface area contributed by atoms with Gasteiger partial charge in [0, 0.05) is 32.7 Å². The molecule has 1 aliphatic carbocycles. The zero-order chi connectivity index (χ0) is 18.4. The molecular weight excluding hydrogens is 328 g/mol. The molecule has 0 radical (unpaired) electrons. The Morgan fingerprint density at radius 3 is 2.54 bits per heavy atom. The number of rotatable bonds is 7. The summed E-state index contributed by atoms with van der Waals surface area (Å²) in [7, 11) is 1.54. The Labute approximate surface area is 156 Å². The Hall–Kier alpha value is -1.88. The van der Waals surface area contributed by atoms with Gasteiger partial charge in [-0.3, -0.25) is 9.59 Å². The van der Waals surface area contributed by atoms with Crippen LogP contribution < -0.4 is 5.32 Å². The minimum absolute atomic E-state index is 0.0315. The molecule has 1 atom stereocenters. The summed E-state index contributed by atoms with van der Waals surface area (Å²) in [5.74, 6) is 0.242. The third-order valence-corrected chi connectivity index (χ3v) is 6.09. The van der Waals surface area contributed by atoms with Crippen molar-refractivity contribution in [2.24, 2.45) is 5.41 Å². The molecule has 0 bridgehead atoms. The lowest BCUT2D eigenvalue weighted by atomic mass is 9.59. The highest BCUT2D eigenvalue weighted by molar-refractivity contribution is 5.78. The van der Waals surface area contributed by atoms with Crippen LogP contribution in [0.4, 0.5) is 0 Å². The summed E-state index contributed by atoms with van der Waals surface area (Å²) in [5.41, 5.74) is 1.49. The molecule has 26 heavy (non-hydrogen) atoms. The molecule has 0 aromatic heterocycles. The van der Waals surface area contributed by atoms with Gasteiger partial charge in [0.1, 0.15) is 6.61 Å². The van der Waals surface area contributed by atoms with Gasteiger partial charge in [-0.2, -0.15) is 0 Å². The molecule has 5 nitrogen and oxygen atoms in total. The number of likely N-dealkylation sites (tertiary alicyclic amines) is 1. The number of aryl methyl sites for hydroxylation is 1. The second kappa shape index (κ2) is 8.67. The van der Waals surface area contributed by atoms with E-state index in [1.54, 1.807) is 0 Å². The average molecular weight is 358 g/mol. The molecule has 3 rings (SSSR count). The third-order valence-electron chi connectivity index (χ3n) is 6.09. The first-order valence-electron chi connectivity index (χ1n) is 9.73. The Morgan fingerprint density at radius 2 is 1.92 bits per heavy atom. The van der Waals surface area contributed by atoms with Crippen LogP contribution in [-0.4, -0.2) is 49.6 Å². The molecule has 142 valence electrons. The van der Waals surface area contributed by atoms with E-state index in [9.17, 15) is 9.59 Å². The molecule has 2 fully saturated rings. The smallest absolute Gasteiger partial charge is 0.246 e. The number of carbonyl (C=O) groups is 2. The molecule has 1 N–H and O–H groups in total. The number of piperidine rings is 1. The minimum atomic E-state index is -0.0315. The average Bonchev–Trinajstić information content (AvgIpc) is 2.66. The lowest BCUT2D eigenvalue weighted by Crippen LogP contribution is -2.60. The minimum Gasteiger partial charge on any atom is -0.375 e. The van der Waals surface area contributed by atoms with Crippen LogP contribution in [0.15, 0.2) is 30.3 Å². The normalized spacial score (nSPS) is 21.3. The number of carbonyl (C=O) groups excluding carboxylic acids is 2. The van der Waals surface area contributed by atoms with Crippen LogP contribution in [0.1, 0.15) is 44.1 Å². The molecule has 1 saturated heterocycles. The van der Waals surface area contributed by atoms with E-state index in [-0.39, 0.29) is 29.9 Å². The predicted molar refractivity (Wildman–Crippen MR) is 101 cm³/mol. The van der Waals surface area contributed by atoms with Gasteiger partial charge in [-0.1, -0.05) is 30.3 Å². The number of hydrogen-bond acceptors (Lipinski definition) is 3. The van der Waals surface area contributed by atoms with Crippen molar-refractivity contribution in [2.45, 2.75) is 51.0 Å². The zero-order valence-corrected chi connectivity index (χ0v) is 15.7. The number of methoxy groups -OCH3 is 1. The summed E-state index contributed by atoms with van der Waals surface area (Å²) in [5, 5.41) is 3.11. The third kappa shape index (κ3) is 4.44. The summed E-state index contributed by atoms with van der Waals surface area (Å²) in [6.07, 6.45) is 6.67. The van der Waals surface area contributed by atoms with E-state index >= 15 is 0 Å². The number of benzene rings is 1. The van der Waals surface area contributed by atoms with E-state index in [2.05, 4.69) is 17.4 Å². The SMILES string of the molecule is COCC(=O)NC1CCC12CCN(C(=O)CCCc1ccccc1)CC2. The fourth-order valence-corrected chi connectivity index (χ4v) is 4.34. The summed E-state index contributed by atoms with van der Waals surface area (Å²) < 4.78 is 4.90. The molecule has 5 heteroatoms. The lowest BCUT2D eigenvalue weighted by Gasteiger charge is -2.54. The highest BCUT2D eigenvalue weighted by atomic mass is 16.5. The van der Waals surface area contributed by atoms with Crippen LogP contribution in [-0.2, 0) is 20.7 Å². The van der Waals surface area contributed by atoms with Gasteiger partial charge in [-0.05, 0) is 49.5 Å². The fourth-order valence-electron chi connectivity index (χ4n) is 4.34. The summed E-state index contributed by atoms with van der Waals surface area (Å²) in [6.45, 7) is 1.76. The van der Waals surface area contributed by atoms with Crippen molar-refractivity contribution in [1.29, 1.82) is 0 Å². The van der Waals surface area contributed by atoms with Gasteiger partial charge < -0.3 is 15.0 Å². The van der Waals surface area contributed by atoms with Crippen LogP contribution >= 0.6 is 0 Å². The standard InChI is InChI=1S/C21H30N2O3/c1-26-16-19(24)22-18-10-11-21(18)12-14-23(15-13-21)20(25)9-5-8-17-6-3-2-4-7-17/h2-4,6-7,18H,5,8-16H2,1H3,(H,22,24). The lowest BCUT2D eigenvalue weighted by molar-refractivity contribution is -0.137. The first-order valence-corrected chi connectivity index (χ1v) is 9.73. The second-order valence-corrected chi connectivity index (χ2v) is 7.67. The van der Waals surface area contributed by atoms with Gasteiger partial charge in [0.2, 0.25) is 11.8 Å². The molecule has 1 aromatic carbocycles. The van der Waals surface area contributed by atoms with Crippen LogP contribution in [0.5, 0.6) is 0 Å². The van der Waals surface area contributed by atoms with Crippen LogP contribution in [0.3, 0.4) is 0 Å². The van der Waals surface area contributed by atoms with E-state index in [1.807, 2.05) is 23.1 Å².